The lowest BCUT2D eigenvalue weighted by molar-refractivity contribution is -0.119. The van der Waals surface area contributed by atoms with Crippen LogP contribution in [0, 0.1) is 5.41 Å². The number of halogens is 1. The first-order valence-electron chi connectivity index (χ1n) is 6.18. The maximum atomic E-state index is 11.3. The number of nitrogens with zero attached hydrogens (tertiary/aromatic N) is 3. The number of nitrogens with one attached hydrogen (secondary N) is 1. The van der Waals surface area contributed by atoms with Crippen LogP contribution in [0.25, 0.3) is 0 Å². The van der Waals surface area contributed by atoms with Gasteiger partial charge < -0.3 is 10.2 Å². The van der Waals surface area contributed by atoms with Crippen molar-refractivity contribution in [3.8, 4) is 0 Å². The molecule has 1 aromatic rings. The van der Waals surface area contributed by atoms with Crippen molar-refractivity contribution in [2.75, 3.05) is 24.5 Å². The van der Waals surface area contributed by atoms with E-state index in [1.54, 1.807) is 6.07 Å². The van der Waals surface area contributed by atoms with Crippen LogP contribution in [0.1, 0.15) is 19.3 Å². The fraction of sp³-hybridized carbons (Fsp3) is 0.583. The zero-order valence-corrected chi connectivity index (χ0v) is 10.8. The van der Waals surface area contributed by atoms with Crippen LogP contribution < -0.4 is 10.2 Å². The van der Waals surface area contributed by atoms with E-state index in [4.69, 9.17) is 11.6 Å². The van der Waals surface area contributed by atoms with E-state index in [1.807, 2.05) is 6.07 Å². The van der Waals surface area contributed by atoms with E-state index in [9.17, 15) is 4.79 Å². The molecule has 0 unspecified atom stereocenters. The fourth-order valence-corrected chi connectivity index (χ4v) is 2.89. The van der Waals surface area contributed by atoms with E-state index in [2.05, 4.69) is 20.4 Å². The fourth-order valence-electron chi connectivity index (χ4n) is 2.79. The molecular formula is C12H15ClN4O. The lowest BCUT2D eigenvalue weighted by Gasteiger charge is -2.38. The number of hydrogen-bond acceptors (Lipinski definition) is 4. The Kier molecular flexibility index (Phi) is 2.86. The first-order valence-corrected chi connectivity index (χ1v) is 6.56. The minimum absolute atomic E-state index is 0.174. The van der Waals surface area contributed by atoms with Gasteiger partial charge in [0.2, 0.25) is 5.91 Å². The zero-order chi connectivity index (χ0) is 12.6. The Morgan fingerprint density at radius 3 is 2.61 bits per heavy atom. The van der Waals surface area contributed by atoms with Crippen molar-refractivity contribution in [1.29, 1.82) is 0 Å². The van der Waals surface area contributed by atoms with Gasteiger partial charge in [-0.15, -0.1) is 10.2 Å². The van der Waals surface area contributed by atoms with E-state index < -0.39 is 0 Å². The highest BCUT2D eigenvalue weighted by Gasteiger charge is 2.41. The van der Waals surface area contributed by atoms with E-state index in [0.29, 0.717) is 11.6 Å². The third-order valence-corrected chi connectivity index (χ3v) is 4.16. The number of hydrogen-bond donors (Lipinski definition) is 1. The molecule has 0 atom stereocenters. The van der Waals surface area contributed by atoms with Gasteiger partial charge in [0.15, 0.2) is 11.0 Å². The van der Waals surface area contributed by atoms with Gasteiger partial charge in [0, 0.05) is 26.1 Å². The second-order valence-electron chi connectivity index (χ2n) is 5.15. The van der Waals surface area contributed by atoms with Crippen LogP contribution in [0.5, 0.6) is 0 Å². The van der Waals surface area contributed by atoms with E-state index in [-0.39, 0.29) is 11.3 Å². The summed E-state index contributed by atoms with van der Waals surface area (Å²) in [6.07, 6.45) is 2.72. The van der Waals surface area contributed by atoms with E-state index in [1.165, 1.54) is 0 Å². The smallest absolute Gasteiger partial charge is 0.220 e. The van der Waals surface area contributed by atoms with Gasteiger partial charge >= 0.3 is 0 Å². The number of piperidine rings is 1. The second kappa shape index (κ2) is 4.39. The van der Waals surface area contributed by atoms with Gasteiger partial charge in [-0.2, -0.15) is 0 Å². The van der Waals surface area contributed by atoms with Crippen LogP contribution in [0.2, 0.25) is 5.15 Å². The lowest BCUT2D eigenvalue weighted by Crippen LogP contribution is -2.41. The Morgan fingerprint density at radius 1 is 1.28 bits per heavy atom. The van der Waals surface area contributed by atoms with Crippen LogP contribution in [-0.2, 0) is 4.79 Å². The van der Waals surface area contributed by atoms with Gasteiger partial charge in [-0.05, 0) is 30.4 Å². The van der Waals surface area contributed by atoms with Crippen molar-refractivity contribution >= 4 is 23.3 Å². The number of carbonyl (C=O) groups is 1. The molecule has 2 aliphatic heterocycles. The van der Waals surface area contributed by atoms with Crippen molar-refractivity contribution in [3.63, 3.8) is 0 Å². The van der Waals surface area contributed by atoms with Crippen molar-refractivity contribution in [2.24, 2.45) is 5.41 Å². The highest BCUT2D eigenvalue weighted by Crippen LogP contribution is 2.38. The van der Waals surface area contributed by atoms with Crippen LogP contribution >= 0.6 is 11.6 Å². The molecule has 3 heterocycles. The third kappa shape index (κ3) is 2.14. The Bertz CT molecular complexity index is 454. The van der Waals surface area contributed by atoms with Crippen LogP contribution in [0.4, 0.5) is 5.82 Å². The average molecular weight is 267 g/mol. The van der Waals surface area contributed by atoms with Gasteiger partial charge in [0.25, 0.3) is 0 Å². The summed E-state index contributed by atoms with van der Waals surface area (Å²) < 4.78 is 0. The first kappa shape index (κ1) is 11.7. The van der Waals surface area contributed by atoms with Crippen LogP contribution in [0.15, 0.2) is 12.1 Å². The highest BCUT2D eigenvalue weighted by molar-refractivity contribution is 6.29. The predicted molar refractivity (Wildman–Crippen MR) is 68.5 cm³/mol. The van der Waals surface area contributed by atoms with E-state index >= 15 is 0 Å². The summed E-state index contributed by atoms with van der Waals surface area (Å²) in [7, 11) is 0. The zero-order valence-electron chi connectivity index (χ0n) is 10.0. The topological polar surface area (TPSA) is 58.1 Å². The second-order valence-corrected chi connectivity index (χ2v) is 5.54. The minimum atomic E-state index is 0.174. The molecule has 2 saturated heterocycles. The SMILES string of the molecule is O=C1CC2(CCN(c3ccc(Cl)nn3)CC2)CN1. The van der Waals surface area contributed by atoms with Crippen molar-refractivity contribution in [2.45, 2.75) is 19.3 Å². The summed E-state index contributed by atoms with van der Waals surface area (Å²) in [5, 5.41) is 11.3. The number of anilines is 1. The first-order chi connectivity index (χ1) is 8.67. The summed E-state index contributed by atoms with van der Waals surface area (Å²) in [6.45, 7) is 2.67. The molecule has 2 aliphatic rings. The molecule has 2 fully saturated rings. The van der Waals surface area contributed by atoms with Crippen LogP contribution in [-0.4, -0.2) is 35.7 Å². The quantitative estimate of drug-likeness (QED) is 0.831. The largest absolute Gasteiger partial charge is 0.356 e. The third-order valence-electron chi connectivity index (χ3n) is 3.96. The monoisotopic (exact) mass is 266 g/mol. The molecule has 96 valence electrons. The Morgan fingerprint density at radius 2 is 2.06 bits per heavy atom. The summed E-state index contributed by atoms with van der Waals surface area (Å²) >= 11 is 5.73. The number of amides is 1. The van der Waals surface area contributed by atoms with Gasteiger partial charge in [-0.25, -0.2) is 0 Å². The highest BCUT2D eigenvalue weighted by atomic mass is 35.5. The Labute approximate surface area is 111 Å². The molecule has 0 bridgehead atoms. The maximum absolute atomic E-state index is 11.3. The summed E-state index contributed by atoms with van der Waals surface area (Å²) in [5.74, 6) is 1.06. The molecule has 1 spiro atoms. The number of rotatable bonds is 1. The molecule has 5 nitrogen and oxygen atoms in total. The van der Waals surface area contributed by atoms with Crippen LogP contribution in [0.3, 0.4) is 0 Å². The normalized spacial score (nSPS) is 22.3. The van der Waals surface area contributed by atoms with Crippen molar-refractivity contribution in [3.05, 3.63) is 17.3 Å². The molecule has 1 N–H and O–H groups in total. The van der Waals surface area contributed by atoms with Gasteiger partial charge in [-0.3, -0.25) is 4.79 Å². The Hall–Kier alpha value is -1.36. The van der Waals surface area contributed by atoms with Gasteiger partial charge in [-0.1, -0.05) is 11.6 Å². The molecule has 0 aliphatic carbocycles. The molecule has 6 heteroatoms. The molecular weight excluding hydrogens is 252 g/mol. The summed E-state index contributed by atoms with van der Waals surface area (Å²) in [6, 6.07) is 3.65. The summed E-state index contributed by atoms with van der Waals surface area (Å²) in [5.41, 5.74) is 0.174. The molecule has 18 heavy (non-hydrogen) atoms. The van der Waals surface area contributed by atoms with Gasteiger partial charge in [0.05, 0.1) is 0 Å². The predicted octanol–water partition coefficient (Wildman–Crippen LogP) is 1.24. The van der Waals surface area contributed by atoms with Crippen molar-refractivity contribution in [1.82, 2.24) is 15.5 Å². The Balaban J connectivity index is 1.66. The van der Waals surface area contributed by atoms with Crippen molar-refractivity contribution < 1.29 is 4.79 Å². The standard InChI is InChI=1S/C12H15ClN4O/c13-9-1-2-10(16-15-9)17-5-3-12(4-6-17)7-11(18)14-8-12/h1-2H,3-8H2,(H,14,18). The van der Waals surface area contributed by atoms with E-state index in [0.717, 1.165) is 38.3 Å². The average Bonchev–Trinajstić information content (AvgIpc) is 2.73. The van der Waals surface area contributed by atoms with Gasteiger partial charge in [0.1, 0.15) is 0 Å². The molecule has 1 amide bonds. The molecule has 0 aromatic carbocycles. The number of carbonyl (C=O) groups excluding carboxylic acids is 1. The number of aromatic nitrogens is 2. The molecule has 0 radical (unpaired) electrons. The minimum Gasteiger partial charge on any atom is -0.356 e. The molecule has 3 rings (SSSR count). The maximum Gasteiger partial charge on any atom is 0.220 e. The summed E-state index contributed by atoms with van der Waals surface area (Å²) in [4.78, 5) is 13.5. The molecule has 1 aromatic heterocycles. The lowest BCUT2D eigenvalue weighted by atomic mass is 9.78. The molecule has 0 saturated carbocycles.